The minimum atomic E-state index is -1.19. The molecule has 3 heterocycles. The summed E-state index contributed by atoms with van der Waals surface area (Å²) in [5.41, 5.74) is -2.46. The molecule has 1 atom stereocenters. The summed E-state index contributed by atoms with van der Waals surface area (Å²) in [7, 11) is 0. The van der Waals surface area contributed by atoms with E-state index in [1.165, 1.54) is 9.58 Å². The first-order chi connectivity index (χ1) is 15.2. The van der Waals surface area contributed by atoms with Gasteiger partial charge in [0, 0.05) is 43.0 Å². The highest BCUT2D eigenvalue weighted by molar-refractivity contribution is 5.99. The third kappa shape index (κ3) is 3.59. The Morgan fingerprint density at radius 1 is 1.19 bits per heavy atom. The summed E-state index contributed by atoms with van der Waals surface area (Å²) in [6, 6.07) is 0.805. The lowest BCUT2D eigenvalue weighted by Gasteiger charge is -2.43. The molecule has 11 heteroatoms. The third-order valence-corrected chi connectivity index (χ3v) is 5.50. The molecule has 168 valence electrons. The van der Waals surface area contributed by atoms with Crippen molar-refractivity contribution in [3.05, 3.63) is 75.0 Å². The van der Waals surface area contributed by atoms with Crippen LogP contribution in [0.4, 0.5) is 13.2 Å². The summed E-state index contributed by atoms with van der Waals surface area (Å²) < 4.78 is 42.0. The Morgan fingerprint density at radius 2 is 1.88 bits per heavy atom. The molecule has 0 aliphatic carbocycles. The first kappa shape index (κ1) is 21.5. The summed E-state index contributed by atoms with van der Waals surface area (Å²) in [6.45, 7) is 1.69. The van der Waals surface area contributed by atoms with Gasteiger partial charge in [0.15, 0.2) is 11.4 Å². The Kier molecular flexibility index (Phi) is 5.41. The Morgan fingerprint density at radius 3 is 2.56 bits per heavy atom. The van der Waals surface area contributed by atoms with E-state index < -0.39 is 58.1 Å². The molecule has 4 rings (SSSR count). The van der Waals surface area contributed by atoms with Crippen molar-refractivity contribution in [2.24, 2.45) is 0 Å². The number of nitrogens with one attached hydrogen (secondary N) is 1. The zero-order valence-electron chi connectivity index (χ0n) is 16.9. The molecule has 2 N–H and O–H groups in total. The molecule has 32 heavy (non-hydrogen) atoms. The average molecular weight is 448 g/mol. The number of hydrogen-bond donors (Lipinski definition) is 2. The highest BCUT2D eigenvalue weighted by Crippen LogP contribution is 2.24. The van der Waals surface area contributed by atoms with Gasteiger partial charge in [-0.2, -0.15) is 0 Å². The molecule has 2 aliphatic rings. The molecule has 2 aliphatic heterocycles. The van der Waals surface area contributed by atoms with E-state index in [2.05, 4.69) is 5.32 Å². The Labute approximate surface area is 180 Å². The number of benzene rings is 1. The van der Waals surface area contributed by atoms with E-state index in [0.717, 1.165) is 6.20 Å². The van der Waals surface area contributed by atoms with Crippen molar-refractivity contribution in [1.82, 2.24) is 14.9 Å². The van der Waals surface area contributed by atoms with E-state index in [9.17, 15) is 32.7 Å². The molecule has 0 spiro atoms. The van der Waals surface area contributed by atoms with Crippen molar-refractivity contribution in [3.63, 3.8) is 0 Å². The number of aromatic hydroxyl groups is 1. The second-order valence-electron chi connectivity index (χ2n) is 7.61. The van der Waals surface area contributed by atoms with Crippen LogP contribution in [-0.4, -0.2) is 45.8 Å². The van der Waals surface area contributed by atoms with Crippen molar-refractivity contribution in [2.75, 3.05) is 18.2 Å². The third-order valence-electron chi connectivity index (χ3n) is 5.50. The second kappa shape index (κ2) is 8.06. The van der Waals surface area contributed by atoms with Crippen LogP contribution in [0, 0.1) is 17.5 Å². The standard InChI is InChI=1S/C21H19F3N4O4/c1-11-4-2-3-5-26-10-28(11)27-9-14(18(29)19(30)17(27)21(26)32)20(31)25-8-13-15(23)6-12(22)7-16(13)24/h2-3,6-7,9,11,30H,4-5,8,10H2,1H3,(H,25,31)/b3-2-/t11-/m0/s1. The zero-order chi connectivity index (χ0) is 23.2. The maximum atomic E-state index is 13.8. The average Bonchev–Trinajstić information content (AvgIpc) is 2.72. The molecular formula is C21H19F3N4O4. The molecule has 2 amide bonds. The lowest BCUT2D eigenvalue weighted by atomic mass is 10.1. The molecule has 0 radical (unpaired) electrons. The number of fused-ring (bicyclic) bond motifs is 4. The lowest BCUT2D eigenvalue weighted by Crippen LogP contribution is -2.58. The smallest absolute Gasteiger partial charge is 0.278 e. The fraction of sp³-hybridized carbons (Fsp3) is 0.286. The zero-order valence-corrected chi connectivity index (χ0v) is 16.9. The number of carbonyl (C=O) groups is 2. The van der Waals surface area contributed by atoms with E-state index in [1.54, 1.807) is 5.01 Å². The van der Waals surface area contributed by atoms with Crippen LogP contribution in [0.2, 0.25) is 0 Å². The monoisotopic (exact) mass is 448 g/mol. The molecule has 1 aromatic heterocycles. The van der Waals surface area contributed by atoms with Gasteiger partial charge in [0.25, 0.3) is 11.8 Å². The van der Waals surface area contributed by atoms with E-state index in [-0.39, 0.29) is 18.4 Å². The van der Waals surface area contributed by atoms with Gasteiger partial charge in [-0.05, 0) is 13.3 Å². The predicted octanol–water partition coefficient (Wildman–Crippen LogP) is 1.60. The summed E-state index contributed by atoms with van der Waals surface area (Å²) in [6.07, 6.45) is 5.48. The van der Waals surface area contributed by atoms with Crippen molar-refractivity contribution in [2.45, 2.75) is 25.9 Å². The highest BCUT2D eigenvalue weighted by atomic mass is 19.1. The van der Waals surface area contributed by atoms with Crippen LogP contribution in [0.3, 0.4) is 0 Å². The maximum Gasteiger partial charge on any atom is 0.278 e. The van der Waals surface area contributed by atoms with Crippen LogP contribution in [0.1, 0.15) is 39.8 Å². The molecule has 8 nitrogen and oxygen atoms in total. The fourth-order valence-corrected chi connectivity index (χ4v) is 3.72. The Hall–Kier alpha value is -3.76. The summed E-state index contributed by atoms with van der Waals surface area (Å²) >= 11 is 0. The largest absolute Gasteiger partial charge is 0.502 e. The van der Waals surface area contributed by atoms with Crippen LogP contribution >= 0.6 is 0 Å². The van der Waals surface area contributed by atoms with Gasteiger partial charge in [0.2, 0.25) is 5.43 Å². The minimum Gasteiger partial charge on any atom is -0.502 e. The summed E-state index contributed by atoms with van der Waals surface area (Å²) in [5, 5.41) is 14.4. The normalized spacial score (nSPS) is 18.6. The predicted molar refractivity (Wildman–Crippen MR) is 107 cm³/mol. The SMILES string of the molecule is C[C@H]1C/C=C\CN2CN1n1cc(C(=O)NCc3c(F)cc(F)cc3F)c(=O)c(O)c1C2=O. The van der Waals surface area contributed by atoms with Crippen molar-refractivity contribution >= 4 is 11.8 Å². The number of amides is 2. The molecule has 1 aromatic carbocycles. The van der Waals surface area contributed by atoms with Crippen molar-refractivity contribution < 1.29 is 27.9 Å². The van der Waals surface area contributed by atoms with Crippen LogP contribution in [-0.2, 0) is 6.54 Å². The van der Waals surface area contributed by atoms with E-state index >= 15 is 0 Å². The van der Waals surface area contributed by atoms with E-state index in [4.69, 9.17) is 0 Å². The van der Waals surface area contributed by atoms with Crippen molar-refractivity contribution in [3.8, 4) is 5.75 Å². The second-order valence-corrected chi connectivity index (χ2v) is 7.61. The fourth-order valence-electron chi connectivity index (χ4n) is 3.72. The summed E-state index contributed by atoms with van der Waals surface area (Å²) in [4.78, 5) is 39.5. The van der Waals surface area contributed by atoms with Crippen molar-refractivity contribution in [1.29, 1.82) is 0 Å². The molecule has 0 saturated heterocycles. The number of carbonyl (C=O) groups excluding carboxylic acids is 2. The molecule has 0 unspecified atom stereocenters. The van der Waals surface area contributed by atoms with Gasteiger partial charge in [0.05, 0.1) is 0 Å². The first-order valence-electron chi connectivity index (χ1n) is 9.80. The quantitative estimate of drug-likeness (QED) is 0.696. The van der Waals surface area contributed by atoms with E-state index in [1.807, 2.05) is 19.1 Å². The number of hydrogen-bond acceptors (Lipinski definition) is 5. The molecular weight excluding hydrogens is 429 g/mol. The Bertz CT molecular complexity index is 1190. The number of nitrogens with zero attached hydrogens (tertiary/aromatic N) is 3. The first-order valence-corrected chi connectivity index (χ1v) is 9.80. The van der Waals surface area contributed by atoms with Gasteiger partial charge in [-0.3, -0.25) is 24.1 Å². The molecule has 0 saturated carbocycles. The van der Waals surface area contributed by atoms with Gasteiger partial charge < -0.3 is 15.3 Å². The number of rotatable bonds is 3. The van der Waals surface area contributed by atoms with Crippen LogP contribution in [0.5, 0.6) is 5.75 Å². The topological polar surface area (TPSA) is 94.9 Å². The van der Waals surface area contributed by atoms with Crippen LogP contribution < -0.4 is 15.8 Å². The van der Waals surface area contributed by atoms with Gasteiger partial charge in [0.1, 0.15) is 29.7 Å². The van der Waals surface area contributed by atoms with Gasteiger partial charge in [-0.15, -0.1) is 0 Å². The molecule has 0 fully saturated rings. The minimum absolute atomic E-state index is 0.138. The van der Waals surface area contributed by atoms with E-state index in [0.29, 0.717) is 25.1 Å². The van der Waals surface area contributed by atoms with Gasteiger partial charge >= 0.3 is 0 Å². The lowest BCUT2D eigenvalue weighted by molar-refractivity contribution is 0.0694. The Balaban J connectivity index is 1.70. The number of pyridine rings is 1. The van der Waals surface area contributed by atoms with Crippen LogP contribution in [0.25, 0.3) is 0 Å². The molecule has 2 aromatic rings. The molecule has 2 bridgehead atoms. The highest BCUT2D eigenvalue weighted by Gasteiger charge is 2.36. The summed E-state index contributed by atoms with van der Waals surface area (Å²) in [5.74, 6) is -5.98. The number of aromatic nitrogens is 1. The van der Waals surface area contributed by atoms with Gasteiger partial charge in [-0.1, -0.05) is 12.2 Å². The number of halogens is 3. The maximum absolute atomic E-state index is 13.8. The van der Waals surface area contributed by atoms with Crippen LogP contribution in [0.15, 0.2) is 35.3 Å². The van der Waals surface area contributed by atoms with Gasteiger partial charge in [-0.25, -0.2) is 13.2 Å².